The Kier molecular flexibility index (Phi) is 3.66. The maximum atomic E-state index is 5.75. The first kappa shape index (κ1) is 11.3. The molecule has 0 aliphatic heterocycles. The second-order valence-corrected chi connectivity index (χ2v) is 4.41. The average molecular weight is 224 g/mol. The fraction of sp³-hybridized carbons (Fsp3) is 0.727. The maximum absolute atomic E-state index is 5.75. The van der Waals surface area contributed by atoms with Gasteiger partial charge in [-0.3, -0.25) is 4.68 Å². The number of nitrogens with zero attached hydrogens (tertiary/aromatic N) is 2. The third-order valence-corrected chi connectivity index (χ3v) is 2.67. The third-order valence-electron chi connectivity index (χ3n) is 2.67. The van der Waals surface area contributed by atoms with E-state index in [0.29, 0.717) is 5.69 Å². The van der Waals surface area contributed by atoms with Crippen molar-refractivity contribution in [2.45, 2.75) is 19.3 Å². The van der Waals surface area contributed by atoms with E-state index in [1.165, 1.54) is 12.8 Å². The van der Waals surface area contributed by atoms with E-state index in [4.69, 9.17) is 10.5 Å². The second-order valence-electron chi connectivity index (χ2n) is 4.41. The van der Waals surface area contributed by atoms with Crippen molar-refractivity contribution >= 4 is 11.5 Å². The van der Waals surface area contributed by atoms with E-state index < -0.39 is 0 Å². The summed E-state index contributed by atoms with van der Waals surface area (Å²) in [6.45, 7) is 2.61. The second kappa shape index (κ2) is 5.21. The number of aromatic nitrogens is 2. The summed E-state index contributed by atoms with van der Waals surface area (Å²) in [5.74, 6) is 1.61. The molecular formula is C11H20N4O. The summed E-state index contributed by atoms with van der Waals surface area (Å²) in [5.41, 5.74) is 6.45. The summed E-state index contributed by atoms with van der Waals surface area (Å²) < 4.78 is 7.24. The SMILES string of the molecule is Cn1cc(N)c(NCCCOCC2CC2)n1. The van der Waals surface area contributed by atoms with Gasteiger partial charge in [0.2, 0.25) is 0 Å². The number of hydrogen-bond donors (Lipinski definition) is 2. The first-order valence-corrected chi connectivity index (χ1v) is 5.86. The van der Waals surface area contributed by atoms with Crippen molar-refractivity contribution < 1.29 is 4.74 Å². The molecule has 0 amide bonds. The lowest BCUT2D eigenvalue weighted by Crippen LogP contribution is -2.08. The normalized spacial score (nSPS) is 15.3. The van der Waals surface area contributed by atoms with Crippen LogP contribution in [0, 0.1) is 5.92 Å². The van der Waals surface area contributed by atoms with E-state index in [1.807, 2.05) is 7.05 Å². The molecule has 1 aliphatic carbocycles. The van der Waals surface area contributed by atoms with Gasteiger partial charge in [-0.1, -0.05) is 0 Å². The molecule has 1 aromatic rings. The Morgan fingerprint density at radius 2 is 2.44 bits per heavy atom. The zero-order valence-corrected chi connectivity index (χ0v) is 9.78. The Labute approximate surface area is 96.0 Å². The smallest absolute Gasteiger partial charge is 0.171 e. The molecule has 3 N–H and O–H groups in total. The molecule has 1 aromatic heterocycles. The maximum Gasteiger partial charge on any atom is 0.171 e. The van der Waals surface area contributed by atoms with E-state index in [2.05, 4.69) is 10.4 Å². The molecule has 2 rings (SSSR count). The molecule has 0 radical (unpaired) electrons. The van der Waals surface area contributed by atoms with Gasteiger partial charge in [0.05, 0.1) is 5.69 Å². The van der Waals surface area contributed by atoms with Gasteiger partial charge in [0, 0.05) is 33.0 Å². The van der Waals surface area contributed by atoms with Crippen LogP contribution < -0.4 is 11.1 Å². The standard InChI is InChI=1S/C11H20N4O/c1-15-7-10(12)11(14-15)13-5-2-6-16-8-9-3-4-9/h7,9H,2-6,8,12H2,1H3,(H,13,14). The quantitative estimate of drug-likeness (QED) is 0.684. The van der Waals surface area contributed by atoms with E-state index >= 15 is 0 Å². The average Bonchev–Trinajstić information content (AvgIpc) is 2.99. The van der Waals surface area contributed by atoms with Crippen molar-refractivity contribution in [1.29, 1.82) is 0 Å². The minimum atomic E-state index is 0.696. The number of nitrogen functional groups attached to an aromatic ring is 1. The van der Waals surface area contributed by atoms with Gasteiger partial charge >= 0.3 is 0 Å². The Morgan fingerprint density at radius 3 is 3.06 bits per heavy atom. The van der Waals surface area contributed by atoms with Crippen LogP contribution in [-0.4, -0.2) is 29.5 Å². The van der Waals surface area contributed by atoms with E-state index in [1.54, 1.807) is 10.9 Å². The van der Waals surface area contributed by atoms with E-state index in [9.17, 15) is 0 Å². The van der Waals surface area contributed by atoms with Crippen LogP contribution in [0.25, 0.3) is 0 Å². The van der Waals surface area contributed by atoms with Crippen LogP contribution in [0.15, 0.2) is 6.20 Å². The molecule has 1 saturated carbocycles. The molecule has 1 aliphatic rings. The molecule has 1 heterocycles. The van der Waals surface area contributed by atoms with Crippen LogP contribution >= 0.6 is 0 Å². The van der Waals surface area contributed by atoms with Crippen molar-refractivity contribution in [3.63, 3.8) is 0 Å². The lowest BCUT2D eigenvalue weighted by molar-refractivity contribution is 0.124. The van der Waals surface area contributed by atoms with Gasteiger partial charge in [0.25, 0.3) is 0 Å². The van der Waals surface area contributed by atoms with Gasteiger partial charge in [0.15, 0.2) is 5.82 Å². The molecular weight excluding hydrogens is 204 g/mol. The number of aryl methyl sites for hydroxylation is 1. The summed E-state index contributed by atoms with van der Waals surface area (Å²) >= 11 is 0. The predicted octanol–water partition coefficient (Wildman–Crippen LogP) is 1.23. The molecule has 0 aromatic carbocycles. The van der Waals surface area contributed by atoms with Crippen LogP contribution in [0.1, 0.15) is 19.3 Å². The molecule has 1 fully saturated rings. The lowest BCUT2D eigenvalue weighted by atomic mass is 10.4. The van der Waals surface area contributed by atoms with Crippen LogP contribution in [0.5, 0.6) is 0 Å². The third kappa shape index (κ3) is 3.41. The van der Waals surface area contributed by atoms with Crippen molar-refractivity contribution in [3.8, 4) is 0 Å². The monoisotopic (exact) mass is 224 g/mol. The van der Waals surface area contributed by atoms with Gasteiger partial charge in [-0.05, 0) is 25.2 Å². The molecule has 0 atom stereocenters. The van der Waals surface area contributed by atoms with Gasteiger partial charge in [-0.25, -0.2) is 0 Å². The van der Waals surface area contributed by atoms with Crippen molar-refractivity contribution in [2.75, 3.05) is 30.8 Å². The highest BCUT2D eigenvalue weighted by molar-refractivity contribution is 5.59. The zero-order valence-electron chi connectivity index (χ0n) is 9.78. The van der Waals surface area contributed by atoms with Crippen LogP contribution in [0.4, 0.5) is 11.5 Å². The van der Waals surface area contributed by atoms with Crippen LogP contribution in [0.3, 0.4) is 0 Å². The molecule has 90 valence electrons. The molecule has 16 heavy (non-hydrogen) atoms. The zero-order chi connectivity index (χ0) is 11.4. The van der Waals surface area contributed by atoms with E-state index in [0.717, 1.165) is 37.9 Å². The number of ether oxygens (including phenoxy) is 1. The number of rotatable bonds is 7. The highest BCUT2D eigenvalue weighted by Crippen LogP contribution is 2.28. The highest BCUT2D eigenvalue weighted by Gasteiger charge is 2.20. The topological polar surface area (TPSA) is 65.1 Å². The summed E-state index contributed by atoms with van der Waals surface area (Å²) in [4.78, 5) is 0. The largest absolute Gasteiger partial charge is 0.394 e. The highest BCUT2D eigenvalue weighted by atomic mass is 16.5. The van der Waals surface area contributed by atoms with E-state index in [-0.39, 0.29) is 0 Å². The minimum absolute atomic E-state index is 0.696. The number of anilines is 2. The Bertz CT molecular complexity index is 333. The molecule has 0 unspecified atom stereocenters. The van der Waals surface area contributed by atoms with Gasteiger partial charge in [-0.2, -0.15) is 5.10 Å². The predicted molar refractivity (Wildman–Crippen MR) is 64.3 cm³/mol. The number of hydrogen-bond acceptors (Lipinski definition) is 4. The molecule has 0 spiro atoms. The van der Waals surface area contributed by atoms with Crippen molar-refractivity contribution in [3.05, 3.63) is 6.20 Å². The summed E-state index contributed by atoms with van der Waals surface area (Å²) in [6, 6.07) is 0. The van der Waals surface area contributed by atoms with Crippen molar-refractivity contribution in [2.24, 2.45) is 13.0 Å². The Morgan fingerprint density at radius 1 is 1.62 bits per heavy atom. The summed E-state index contributed by atoms with van der Waals surface area (Å²) in [6.07, 6.45) is 5.49. The number of nitrogens with one attached hydrogen (secondary N) is 1. The fourth-order valence-corrected chi connectivity index (χ4v) is 1.56. The van der Waals surface area contributed by atoms with Crippen LogP contribution in [0.2, 0.25) is 0 Å². The van der Waals surface area contributed by atoms with Gasteiger partial charge in [-0.15, -0.1) is 0 Å². The first-order valence-electron chi connectivity index (χ1n) is 5.86. The van der Waals surface area contributed by atoms with Gasteiger partial charge in [0.1, 0.15) is 0 Å². The molecule has 5 heteroatoms. The van der Waals surface area contributed by atoms with Crippen molar-refractivity contribution in [1.82, 2.24) is 9.78 Å². The fourth-order valence-electron chi connectivity index (χ4n) is 1.56. The number of nitrogens with two attached hydrogens (primary N) is 1. The molecule has 0 saturated heterocycles. The van der Waals surface area contributed by atoms with Crippen LogP contribution in [-0.2, 0) is 11.8 Å². The minimum Gasteiger partial charge on any atom is -0.394 e. The first-order chi connectivity index (χ1) is 7.75. The lowest BCUT2D eigenvalue weighted by Gasteiger charge is -2.04. The Hall–Kier alpha value is -1.23. The van der Waals surface area contributed by atoms with Gasteiger partial charge < -0.3 is 15.8 Å². The summed E-state index contributed by atoms with van der Waals surface area (Å²) in [5, 5.41) is 7.41. The Balaban J connectivity index is 1.54. The summed E-state index contributed by atoms with van der Waals surface area (Å²) in [7, 11) is 1.86. The molecule has 5 nitrogen and oxygen atoms in total. The molecule has 0 bridgehead atoms.